The van der Waals surface area contributed by atoms with Gasteiger partial charge in [-0.15, -0.1) is 11.8 Å². The Bertz CT molecular complexity index is 784. The van der Waals surface area contributed by atoms with Gasteiger partial charge < -0.3 is 14.6 Å². The maximum absolute atomic E-state index is 12.3. The molecule has 1 aliphatic heterocycles. The summed E-state index contributed by atoms with van der Waals surface area (Å²) >= 11 is 1.54. The predicted octanol–water partition coefficient (Wildman–Crippen LogP) is 3.69. The topological polar surface area (TPSA) is 62.6 Å². The van der Waals surface area contributed by atoms with E-state index in [9.17, 15) is 9.59 Å². The number of carbonyl (C=O) groups excluding carboxylic acids is 2. The maximum atomic E-state index is 12.3. The van der Waals surface area contributed by atoms with Crippen molar-refractivity contribution in [3.8, 4) is 0 Å². The number of fused-ring (bicyclic) bond motifs is 1. The second kappa shape index (κ2) is 7.35. The van der Waals surface area contributed by atoms with Crippen LogP contribution in [0.4, 0.5) is 5.69 Å². The fourth-order valence-corrected chi connectivity index (χ4v) is 3.45. The number of hydrogen-bond donors (Lipinski definition) is 1. The molecule has 0 fully saturated rings. The van der Waals surface area contributed by atoms with Gasteiger partial charge in [0, 0.05) is 10.9 Å². The molecule has 3 rings (SSSR count). The number of thioether (sulfide) groups is 1. The van der Waals surface area contributed by atoms with E-state index in [-0.39, 0.29) is 23.6 Å². The SMILES string of the molecule is CC(C)[C@H](C)NC(=O)c1ccc(CN2C(=O)CSc3ccccc32)o1. The van der Waals surface area contributed by atoms with Gasteiger partial charge in [-0.3, -0.25) is 9.59 Å². The van der Waals surface area contributed by atoms with Gasteiger partial charge in [0.1, 0.15) is 5.76 Å². The Hall–Kier alpha value is -2.21. The first-order valence-electron chi connectivity index (χ1n) is 8.37. The first-order chi connectivity index (χ1) is 12.0. The lowest BCUT2D eigenvalue weighted by atomic mass is 10.1. The second-order valence-electron chi connectivity index (χ2n) is 6.51. The summed E-state index contributed by atoms with van der Waals surface area (Å²) in [4.78, 5) is 27.3. The summed E-state index contributed by atoms with van der Waals surface area (Å²) in [6.07, 6.45) is 0. The van der Waals surface area contributed by atoms with Gasteiger partial charge in [0.05, 0.1) is 18.0 Å². The molecule has 0 unspecified atom stereocenters. The third-order valence-corrected chi connectivity index (χ3v) is 5.41. The number of rotatable bonds is 5. The molecule has 0 saturated carbocycles. The van der Waals surface area contributed by atoms with Crippen LogP contribution in [0.5, 0.6) is 0 Å². The van der Waals surface area contributed by atoms with Crippen LogP contribution in [-0.4, -0.2) is 23.6 Å². The van der Waals surface area contributed by atoms with Crippen LogP contribution in [0.2, 0.25) is 0 Å². The van der Waals surface area contributed by atoms with Crippen LogP contribution >= 0.6 is 11.8 Å². The Morgan fingerprint density at radius 1 is 1.24 bits per heavy atom. The highest BCUT2D eigenvalue weighted by atomic mass is 32.2. The van der Waals surface area contributed by atoms with E-state index < -0.39 is 0 Å². The van der Waals surface area contributed by atoms with Crippen molar-refractivity contribution in [3.05, 3.63) is 47.9 Å². The summed E-state index contributed by atoms with van der Waals surface area (Å²) in [5.41, 5.74) is 0.889. The second-order valence-corrected chi connectivity index (χ2v) is 7.53. The van der Waals surface area contributed by atoms with Crippen LogP contribution in [-0.2, 0) is 11.3 Å². The number of benzene rings is 1. The molecular weight excluding hydrogens is 336 g/mol. The zero-order chi connectivity index (χ0) is 18.0. The van der Waals surface area contributed by atoms with Crippen LogP contribution in [0.3, 0.4) is 0 Å². The molecule has 25 heavy (non-hydrogen) atoms. The predicted molar refractivity (Wildman–Crippen MR) is 98.8 cm³/mol. The summed E-state index contributed by atoms with van der Waals surface area (Å²) in [7, 11) is 0. The highest BCUT2D eigenvalue weighted by Crippen LogP contribution is 2.35. The summed E-state index contributed by atoms with van der Waals surface area (Å²) < 4.78 is 5.68. The number of nitrogens with zero attached hydrogens (tertiary/aromatic N) is 1. The highest BCUT2D eigenvalue weighted by Gasteiger charge is 2.26. The van der Waals surface area contributed by atoms with Crippen LogP contribution in [0.15, 0.2) is 45.7 Å². The fourth-order valence-electron chi connectivity index (χ4n) is 2.51. The minimum Gasteiger partial charge on any atom is -0.454 e. The minimum atomic E-state index is -0.228. The maximum Gasteiger partial charge on any atom is 0.287 e. The highest BCUT2D eigenvalue weighted by molar-refractivity contribution is 8.00. The van der Waals surface area contributed by atoms with Crippen molar-refractivity contribution in [1.29, 1.82) is 0 Å². The summed E-state index contributed by atoms with van der Waals surface area (Å²) in [5, 5.41) is 2.92. The van der Waals surface area contributed by atoms with E-state index in [1.54, 1.807) is 28.8 Å². The molecule has 0 bridgehead atoms. The minimum absolute atomic E-state index is 0.0412. The van der Waals surface area contributed by atoms with Crippen molar-refractivity contribution in [2.75, 3.05) is 10.7 Å². The molecule has 2 aromatic rings. The molecule has 1 aromatic heterocycles. The number of para-hydroxylation sites is 1. The number of anilines is 1. The Labute approximate surface area is 151 Å². The molecule has 132 valence electrons. The number of carbonyl (C=O) groups is 2. The first kappa shape index (κ1) is 17.6. The van der Waals surface area contributed by atoms with Crippen molar-refractivity contribution >= 4 is 29.3 Å². The molecule has 0 spiro atoms. The van der Waals surface area contributed by atoms with Gasteiger partial charge in [0.2, 0.25) is 5.91 Å². The van der Waals surface area contributed by atoms with Gasteiger partial charge in [-0.1, -0.05) is 26.0 Å². The standard InChI is InChI=1S/C19H22N2O3S/c1-12(2)13(3)20-19(23)16-9-8-14(24-16)10-21-15-6-4-5-7-17(15)25-11-18(21)22/h4-9,12-13H,10-11H2,1-3H3,(H,20,23)/t13-/m0/s1. The smallest absolute Gasteiger partial charge is 0.287 e. The number of furan rings is 1. The molecule has 0 saturated heterocycles. The lowest BCUT2D eigenvalue weighted by Gasteiger charge is -2.28. The lowest BCUT2D eigenvalue weighted by molar-refractivity contribution is -0.116. The van der Waals surface area contributed by atoms with Gasteiger partial charge in [0.15, 0.2) is 5.76 Å². The molecule has 0 aliphatic carbocycles. The average molecular weight is 358 g/mol. The molecule has 1 aliphatic rings. The van der Waals surface area contributed by atoms with E-state index in [0.29, 0.717) is 24.0 Å². The van der Waals surface area contributed by atoms with Crippen molar-refractivity contribution in [1.82, 2.24) is 5.32 Å². The van der Waals surface area contributed by atoms with E-state index in [0.717, 1.165) is 10.6 Å². The van der Waals surface area contributed by atoms with Gasteiger partial charge >= 0.3 is 0 Å². The van der Waals surface area contributed by atoms with Crippen LogP contribution in [0.25, 0.3) is 0 Å². The van der Waals surface area contributed by atoms with Crippen molar-refractivity contribution in [3.63, 3.8) is 0 Å². The van der Waals surface area contributed by atoms with Crippen LogP contribution in [0, 0.1) is 5.92 Å². The molecule has 2 amide bonds. The molecule has 2 heterocycles. The van der Waals surface area contributed by atoms with E-state index in [1.165, 1.54) is 0 Å². The van der Waals surface area contributed by atoms with Gasteiger partial charge in [0.25, 0.3) is 5.91 Å². The molecule has 1 aromatic carbocycles. The number of amides is 2. The average Bonchev–Trinajstić information content (AvgIpc) is 3.06. The van der Waals surface area contributed by atoms with Crippen LogP contribution < -0.4 is 10.2 Å². The first-order valence-corrected chi connectivity index (χ1v) is 9.36. The van der Waals surface area contributed by atoms with Crippen molar-refractivity contribution < 1.29 is 14.0 Å². The third kappa shape index (κ3) is 3.90. The molecule has 5 nitrogen and oxygen atoms in total. The Morgan fingerprint density at radius 2 is 2.00 bits per heavy atom. The van der Waals surface area contributed by atoms with Gasteiger partial charge in [-0.2, -0.15) is 0 Å². The van der Waals surface area contributed by atoms with Crippen molar-refractivity contribution in [2.45, 2.75) is 38.3 Å². The third-order valence-electron chi connectivity index (χ3n) is 4.37. The van der Waals surface area contributed by atoms with E-state index >= 15 is 0 Å². The Balaban J connectivity index is 1.73. The van der Waals surface area contributed by atoms with Gasteiger partial charge in [-0.25, -0.2) is 0 Å². The quantitative estimate of drug-likeness (QED) is 0.885. The number of nitrogens with one attached hydrogen (secondary N) is 1. The number of hydrogen-bond acceptors (Lipinski definition) is 4. The molecule has 1 atom stereocenters. The van der Waals surface area contributed by atoms with E-state index in [1.807, 2.05) is 31.2 Å². The lowest BCUT2D eigenvalue weighted by Crippen LogP contribution is -2.36. The molecule has 1 N–H and O–H groups in total. The zero-order valence-electron chi connectivity index (χ0n) is 14.6. The normalized spacial score (nSPS) is 15.2. The van der Waals surface area contributed by atoms with Gasteiger partial charge in [-0.05, 0) is 37.1 Å². The van der Waals surface area contributed by atoms with Crippen LogP contribution in [0.1, 0.15) is 37.1 Å². The Morgan fingerprint density at radius 3 is 2.76 bits per heavy atom. The monoisotopic (exact) mass is 358 g/mol. The molecule has 0 radical (unpaired) electrons. The van der Waals surface area contributed by atoms with E-state index in [4.69, 9.17) is 4.42 Å². The molecule has 6 heteroatoms. The van der Waals surface area contributed by atoms with Crippen molar-refractivity contribution in [2.24, 2.45) is 5.92 Å². The van der Waals surface area contributed by atoms with E-state index in [2.05, 4.69) is 19.2 Å². The summed E-state index contributed by atoms with van der Waals surface area (Å²) in [6, 6.07) is 11.3. The Kier molecular flexibility index (Phi) is 5.18. The largest absolute Gasteiger partial charge is 0.454 e. The zero-order valence-corrected chi connectivity index (χ0v) is 15.4. The fraction of sp³-hybridized carbons (Fsp3) is 0.368. The summed E-state index contributed by atoms with van der Waals surface area (Å²) in [5.74, 6) is 1.44. The summed E-state index contributed by atoms with van der Waals surface area (Å²) in [6.45, 7) is 6.39. The molecular formula is C19H22N2O3S.